The third-order valence-electron chi connectivity index (χ3n) is 6.57. The number of fused-ring (bicyclic) bond motifs is 1. The summed E-state index contributed by atoms with van der Waals surface area (Å²) in [5.74, 6) is 0.317. The molecule has 1 atom stereocenters. The first-order valence-corrected chi connectivity index (χ1v) is 13.3. The maximum absolute atomic E-state index is 13.3. The van der Waals surface area contributed by atoms with Crippen molar-refractivity contribution < 1.29 is 14.6 Å². The van der Waals surface area contributed by atoms with E-state index in [4.69, 9.17) is 0 Å². The molecule has 0 radical (unpaired) electrons. The first-order valence-electron chi connectivity index (χ1n) is 11.8. The number of amides is 1. The number of nitrogens with zero attached hydrogens (tertiary/aromatic N) is 5. The van der Waals surface area contributed by atoms with Gasteiger partial charge in [0.15, 0.2) is 0 Å². The smallest absolute Gasteiger partial charge is 0.263 e. The predicted molar refractivity (Wildman–Crippen MR) is 142 cm³/mol. The van der Waals surface area contributed by atoms with Gasteiger partial charge in [-0.3, -0.25) is 9.52 Å². The third kappa shape index (κ3) is 4.76. The normalized spacial score (nSPS) is 15.2. The molecule has 1 saturated heterocycles. The Labute approximate surface area is 211 Å². The molecule has 0 aliphatic carbocycles. The van der Waals surface area contributed by atoms with E-state index in [1.807, 2.05) is 22.6 Å². The van der Waals surface area contributed by atoms with Gasteiger partial charge >= 0.3 is 0 Å². The summed E-state index contributed by atoms with van der Waals surface area (Å²) < 4.78 is 29.8. The van der Waals surface area contributed by atoms with Crippen LogP contribution in [0.2, 0.25) is 0 Å². The summed E-state index contributed by atoms with van der Waals surface area (Å²) in [6.07, 6.45) is 4.74. The Bertz CT molecular complexity index is 1480. The third-order valence-corrected chi connectivity index (χ3v) is 7.95. The van der Waals surface area contributed by atoms with Crippen LogP contribution in [0.25, 0.3) is 10.9 Å². The lowest BCUT2D eigenvalue weighted by Crippen LogP contribution is -2.50. The SMILES string of the molecule is Cc1ccc2c(ccn2C(C)C(=O)N2CCN(c3ccc(S(=O)(=O)Nc4ccncn4)cc3)CC2)c1.[HH]. The number of benzene rings is 2. The monoisotopic (exact) mass is 506 g/mol. The summed E-state index contributed by atoms with van der Waals surface area (Å²) in [6, 6.07) is 16.3. The fourth-order valence-electron chi connectivity index (χ4n) is 4.57. The Morgan fingerprint density at radius 2 is 1.78 bits per heavy atom. The molecule has 1 unspecified atom stereocenters. The second-order valence-corrected chi connectivity index (χ2v) is 10.7. The van der Waals surface area contributed by atoms with Gasteiger partial charge in [-0.05, 0) is 67.8 Å². The Hall–Kier alpha value is -3.92. The summed E-state index contributed by atoms with van der Waals surface area (Å²) in [7, 11) is -3.74. The van der Waals surface area contributed by atoms with Crippen molar-refractivity contribution in [3.8, 4) is 0 Å². The van der Waals surface area contributed by atoms with Crippen LogP contribution < -0.4 is 9.62 Å². The van der Waals surface area contributed by atoms with Crippen LogP contribution in [0.3, 0.4) is 0 Å². The molecule has 36 heavy (non-hydrogen) atoms. The molecule has 0 spiro atoms. The van der Waals surface area contributed by atoms with Gasteiger partial charge in [0.25, 0.3) is 10.0 Å². The van der Waals surface area contributed by atoms with Crippen LogP contribution in [0.15, 0.2) is 78.2 Å². The number of aromatic nitrogens is 3. The molecular weight excluding hydrogens is 476 g/mol. The van der Waals surface area contributed by atoms with Crippen LogP contribution in [0.1, 0.15) is 20.0 Å². The van der Waals surface area contributed by atoms with Gasteiger partial charge in [0, 0.05) is 51.2 Å². The molecule has 1 aliphatic rings. The number of sulfonamides is 1. The largest absolute Gasteiger partial charge is 0.368 e. The molecule has 1 aliphatic heterocycles. The number of piperazine rings is 1. The number of nitrogens with one attached hydrogen (secondary N) is 1. The van der Waals surface area contributed by atoms with E-state index in [-0.39, 0.29) is 24.1 Å². The molecule has 2 aromatic carbocycles. The highest BCUT2D eigenvalue weighted by molar-refractivity contribution is 7.92. The van der Waals surface area contributed by atoms with E-state index in [0.717, 1.165) is 16.6 Å². The summed E-state index contributed by atoms with van der Waals surface area (Å²) in [4.78, 5) is 25.2. The van der Waals surface area contributed by atoms with Crippen molar-refractivity contribution in [1.82, 2.24) is 19.4 Å². The van der Waals surface area contributed by atoms with Crippen molar-refractivity contribution in [2.75, 3.05) is 35.8 Å². The zero-order chi connectivity index (χ0) is 25.3. The highest BCUT2D eigenvalue weighted by atomic mass is 32.2. The van der Waals surface area contributed by atoms with Gasteiger partial charge < -0.3 is 14.4 Å². The molecular formula is C26H30N6O3S. The Balaban J connectivity index is 0.00000320. The van der Waals surface area contributed by atoms with Gasteiger partial charge in [-0.25, -0.2) is 18.4 Å². The second-order valence-electron chi connectivity index (χ2n) is 8.97. The van der Waals surface area contributed by atoms with E-state index in [0.29, 0.717) is 26.2 Å². The number of hydrogen-bond acceptors (Lipinski definition) is 6. The molecule has 9 nitrogen and oxygen atoms in total. The van der Waals surface area contributed by atoms with E-state index in [9.17, 15) is 13.2 Å². The number of hydrogen-bond donors (Lipinski definition) is 1. The first-order chi connectivity index (χ1) is 17.3. The zero-order valence-corrected chi connectivity index (χ0v) is 21.0. The number of aryl methyl sites for hydroxylation is 1. The maximum atomic E-state index is 13.3. The maximum Gasteiger partial charge on any atom is 0.263 e. The molecule has 0 saturated carbocycles. The van der Waals surface area contributed by atoms with Crippen molar-refractivity contribution in [3.63, 3.8) is 0 Å². The van der Waals surface area contributed by atoms with Gasteiger partial charge in [0.05, 0.1) is 4.90 Å². The number of anilines is 2. The quantitative estimate of drug-likeness (QED) is 0.428. The van der Waals surface area contributed by atoms with Crippen LogP contribution in [-0.2, 0) is 14.8 Å². The lowest BCUT2D eigenvalue weighted by molar-refractivity contribution is -0.134. The van der Waals surface area contributed by atoms with Gasteiger partial charge in [0.1, 0.15) is 18.2 Å². The van der Waals surface area contributed by atoms with Gasteiger partial charge in [-0.15, -0.1) is 0 Å². The molecule has 3 heterocycles. The van der Waals surface area contributed by atoms with Crippen LogP contribution in [0.4, 0.5) is 11.5 Å². The standard InChI is InChI=1S/C26H28N6O3S.H2/c1-19-3-8-24-21(17-19)10-12-32(24)20(2)26(33)31-15-13-30(14-16-31)22-4-6-23(7-5-22)36(34,35)29-25-9-11-27-18-28-25;/h3-12,17-18,20H,13-16H2,1-2H3,(H,27,28,29);1H. The summed E-state index contributed by atoms with van der Waals surface area (Å²) in [6.45, 7) is 6.58. The summed E-state index contributed by atoms with van der Waals surface area (Å²) in [5.41, 5.74) is 3.18. The van der Waals surface area contributed by atoms with E-state index in [2.05, 4.69) is 50.8 Å². The van der Waals surface area contributed by atoms with E-state index in [1.165, 1.54) is 24.2 Å². The minimum absolute atomic E-state index is 0. The van der Waals surface area contributed by atoms with E-state index >= 15 is 0 Å². The first kappa shape index (κ1) is 23.8. The molecule has 2 aromatic heterocycles. The number of carbonyl (C=O) groups is 1. The van der Waals surface area contributed by atoms with Crippen LogP contribution in [0, 0.1) is 6.92 Å². The van der Waals surface area contributed by atoms with Crippen LogP contribution in [0.5, 0.6) is 0 Å². The second kappa shape index (κ2) is 9.62. The molecule has 4 aromatic rings. The Morgan fingerprint density at radius 3 is 2.47 bits per heavy atom. The van der Waals surface area contributed by atoms with Crippen molar-refractivity contribution >= 4 is 38.3 Å². The summed E-state index contributed by atoms with van der Waals surface area (Å²) >= 11 is 0. The molecule has 0 bridgehead atoms. The van der Waals surface area contributed by atoms with Gasteiger partial charge in [-0.1, -0.05) is 11.6 Å². The van der Waals surface area contributed by atoms with Crippen molar-refractivity contribution in [1.29, 1.82) is 0 Å². The minimum Gasteiger partial charge on any atom is -0.368 e. The fraction of sp³-hybridized carbons (Fsp3) is 0.269. The topological polar surface area (TPSA) is 100 Å². The van der Waals surface area contributed by atoms with Crippen molar-refractivity contribution in [2.24, 2.45) is 0 Å². The summed E-state index contributed by atoms with van der Waals surface area (Å²) in [5, 5.41) is 1.14. The highest BCUT2D eigenvalue weighted by Crippen LogP contribution is 2.25. The van der Waals surface area contributed by atoms with Crippen molar-refractivity contribution in [3.05, 3.63) is 78.9 Å². The Kier molecular flexibility index (Phi) is 6.36. The van der Waals surface area contributed by atoms with E-state index in [1.54, 1.807) is 24.3 Å². The fourth-order valence-corrected chi connectivity index (χ4v) is 5.58. The Morgan fingerprint density at radius 1 is 1.03 bits per heavy atom. The van der Waals surface area contributed by atoms with Gasteiger partial charge in [0.2, 0.25) is 5.91 Å². The highest BCUT2D eigenvalue weighted by Gasteiger charge is 2.27. The average molecular weight is 507 g/mol. The van der Waals surface area contributed by atoms with E-state index < -0.39 is 10.0 Å². The van der Waals surface area contributed by atoms with Gasteiger partial charge in [-0.2, -0.15) is 0 Å². The molecule has 10 heteroatoms. The van der Waals surface area contributed by atoms with Crippen LogP contribution >= 0.6 is 0 Å². The molecule has 1 fully saturated rings. The number of carbonyl (C=O) groups excluding carboxylic acids is 1. The average Bonchev–Trinajstić information content (AvgIpc) is 3.31. The van der Waals surface area contributed by atoms with Crippen LogP contribution in [-0.4, -0.2) is 59.9 Å². The van der Waals surface area contributed by atoms with Crippen molar-refractivity contribution in [2.45, 2.75) is 24.8 Å². The predicted octanol–water partition coefficient (Wildman–Crippen LogP) is 3.70. The molecule has 1 N–H and O–H groups in total. The number of rotatable bonds is 6. The molecule has 5 rings (SSSR count). The lowest BCUT2D eigenvalue weighted by Gasteiger charge is -2.37. The zero-order valence-electron chi connectivity index (χ0n) is 20.2. The lowest BCUT2D eigenvalue weighted by atomic mass is 10.1. The molecule has 1 amide bonds. The minimum atomic E-state index is -3.74. The molecule has 188 valence electrons.